The van der Waals surface area contributed by atoms with Crippen molar-refractivity contribution in [1.29, 1.82) is 0 Å². The molecule has 20 rings (SSSR count). The molecule has 0 radical (unpaired) electrons. The lowest BCUT2D eigenvalue weighted by molar-refractivity contribution is 0.652. The lowest BCUT2D eigenvalue weighted by Gasteiger charge is -2.27. The zero-order chi connectivity index (χ0) is 66.5. The summed E-state index contributed by atoms with van der Waals surface area (Å²) < 4.78 is 15.1. The van der Waals surface area contributed by atoms with Crippen LogP contribution in [0.25, 0.3) is 131 Å². The molecule has 0 spiro atoms. The third-order valence-corrected chi connectivity index (χ3v) is 21.6. The molecule has 0 bridgehead atoms. The number of furan rings is 2. The van der Waals surface area contributed by atoms with Crippen LogP contribution in [-0.2, 0) is 10.8 Å². The maximum Gasteiger partial charge on any atom is 0.159 e. The average Bonchev–Trinajstić information content (AvgIpc) is 1.55. The van der Waals surface area contributed by atoms with Gasteiger partial charge in [0.15, 0.2) is 5.58 Å². The van der Waals surface area contributed by atoms with Crippen LogP contribution >= 0.6 is 22.6 Å². The number of rotatable bonds is 7. The molecule has 472 valence electrons. The Morgan fingerprint density at radius 1 is 0.303 bits per heavy atom. The number of fused-ring (bicyclic) bond motifs is 20. The van der Waals surface area contributed by atoms with E-state index in [9.17, 15) is 0 Å². The molecule has 2 aliphatic rings. The molecule has 0 saturated heterocycles. The zero-order valence-electron chi connectivity index (χ0n) is 55.3. The van der Waals surface area contributed by atoms with E-state index in [1.165, 1.54) is 121 Å². The highest BCUT2D eigenvalue weighted by molar-refractivity contribution is 14.1. The first-order valence-electron chi connectivity index (χ1n) is 34.1. The van der Waals surface area contributed by atoms with Gasteiger partial charge in [-0.05, 0) is 171 Å². The molecule has 0 atom stereocenters. The Morgan fingerprint density at radius 3 is 1.28 bits per heavy atom. The standard InChI is InChI=1S/C47H33NO.C27H19IO.C20H15N/c1-47(2)39-26-14-13-24-36(39)44-40(47)29-38(30-16-5-3-6-17-30)43-37-25-15-27-41(45(37)49-46(43)44)48(32-19-7-4-8-20-32)42-28-31-18-9-10-21-33(31)34-22-11-12-23-35(34)42;1-27(2)20-13-7-6-11-17(20)24-21(27)15-19(16-9-4-3-5-10-16)23-18-12-8-14-22(28)25(18)29-26(23)24;1-2-9-16(10-3-1)21-20-14-15-8-4-5-11-17(15)18-12-6-7-13-19(18)20/h3-29H,1-2H3;3-15H,1-2H3;1-14,21H. The van der Waals surface area contributed by atoms with Gasteiger partial charge < -0.3 is 19.1 Å². The quantitative estimate of drug-likeness (QED) is 0.128. The summed E-state index contributed by atoms with van der Waals surface area (Å²) in [5.74, 6) is 0. The van der Waals surface area contributed by atoms with Gasteiger partial charge in [0.05, 0.1) is 14.9 Å². The third-order valence-electron chi connectivity index (χ3n) is 20.8. The Labute approximate surface area is 589 Å². The number of para-hydroxylation sites is 4. The van der Waals surface area contributed by atoms with Crippen molar-refractivity contribution < 1.29 is 8.83 Å². The van der Waals surface area contributed by atoms with Crippen LogP contribution in [0.2, 0.25) is 0 Å². The number of halogens is 1. The highest BCUT2D eigenvalue weighted by atomic mass is 127. The van der Waals surface area contributed by atoms with Crippen LogP contribution in [0.4, 0.5) is 28.4 Å². The molecule has 0 unspecified atom stereocenters. The molecule has 0 aliphatic heterocycles. The largest absolute Gasteiger partial charge is 0.454 e. The Kier molecular flexibility index (Phi) is 14.5. The molecule has 18 aromatic rings. The van der Waals surface area contributed by atoms with Gasteiger partial charge in [0.1, 0.15) is 16.7 Å². The Bertz CT molecular complexity index is 6210. The first-order chi connectivity index (χ1) is 48.6. The minimum atomic E-state index is -0.161. The summed E-state index contributed by atoms with van der Waals surface area (Å²) in [6, 6.07) is 117. The summed E-state index contributed by atoms with van der Waals surface area (Å²) in [6.45, 7) is 9.33. The second kappa shape index (κ2) is 23.9. The Morgan fingerprint density at radius 2 is 0.717 bits per heavy atom. The van der Waals surface area contributed by atoms with E-state index in [1.54, 1.807) is 0 Å². The van der Waals surface area contributed by atoms with Crippen molar-refractivity contribution in [2.75, 3.05) is 10.2 Å². The fourth-order valence-corrected chi connectivity index (χ4v) is 16.7. The summed E-state index contributed by atoms with van der Waals surface area (Å²) >= 11 is 2.38. The number of hydrogen-bond acceptors (Lipinski definition) is 4. The van der Waals surface area contributed by atoms with Gasteiger partial charge in [0, 0.05) is 71.3 Å². The van der Waals surface area contributed by atoms with Gasteiger partial charge in [-0.1, -0.05) is 295 Å². The average molecular weight is 1380 g/mol. The molecule has 2 aliphatic carbocycles. The first kappa shape index (κ1) is 59.9. The molecule has 0 amide bonds. The van der Waals surface area contributed by atoms with Gasteiger partial charge in [0.2, 0.25) is 0 Å². The molecule has 16 aromatic carbocycles. The minimum Gasteiger partial charge on any atom is -0.454 e. The SMILES string of the molecule is CC1(C)c2ccccc2-c2c1cc(-c1ccccc1)c1c2oc2c(I)cccc21.CC1(C)c2ccccc2-c2c1cc(-c1ccccc1)c1c2oc2c(N(c3ccccc3)c3cc4ccccc4c4ccccc34)cccc21.c1ccc(Nc2cc3ccccc3c3ccccc23)cc1. The molecule has 0 saturated carbocycles. The highest BCUT2D eigenvalue weighted by Gasteiger charge is 2.41. The van der Waals surface area contributed by atoms with E-state index in [1.807, 2.05) is 18.2 Å². The van der Waals surface area contributed by atoms with Crippen LogP contribution in [0.3, 0.4) is 0 Å². The summed E-state index contributed by atoms with van der Waals surface area (Å²) in [7, 11) is 0. The summed E-state index contributed by atoms with van der Waals surface area (Å²) in [5, 5.41) is 18.2. The second-order valence-electron chi connectivity index (χ2n) is 27.2. The van der Waals surface area contributed by atoms with Crippen LogP contribution in [0.15, 0.2) is 336 Å². The maximum absolute atomic E-state index is 7.32. The lowest BCUT2D eigenvalue weighted by atomic mass is 9.81. The molecule has 99 heavy (non-hydrogen) atoms. The number of anilines is 5. The number of nitrogens with zero attached hydrogens (tertiary/aromatic N) is 1. The van der Waals surface area contributed by atoms with E-state index >= 15 is 0 Å². The van der Waals surface area contributed by atoms with Crippen molar-refractivity contribution in [3.8, 4) is 44.5 Å². The fourth-order valence-electron chi connectivity index (χ4n) is 16.1. The highest BCUT2D eigenvalue weighted by Crippen LogP contribution is 2.58. The van der Waals surface area contributed by atoms with Gasteiger partial charge in [0.25, 0.3) is 0 Å². The van der Waals surface area contributed by atoms with Crippen molar-refractivity contribution in [3.05, 3.63) is 353 Å². The van der Waals surface area contributed by atoms with E-state index in [2.05, 4.69) is 370 Å². The molecular weight excluding hydrogens is 1320 g/mol. The van der Waals surface area contributed by atoms with E-state index in [4.69, 9.17) is 8.83 Å². The molecular formula is C94H67IN2O2. The van der Waals surface area contributed by atoms with Crippen molar-refractivity contribution in [2.24, 2.45) is 0 Å². The molecule has 2 heterocycles. The number of nitrogens with one attached hydrogen (secondary N) is 1. The van der Waals surface area contributed by atoms with E-state index in [0.717, 1.165) is 65.1 Å². The van der Waals surface area contributed by atoms with Crippen LogP contribution in [0.5, 0.6) is 0 Å². The van der Waals surface area contributed by atoms with Gasteiger partial charge in [-0.25, -0.2) is 0 Å². The van der Waals surface area contributed by atoms with Gasteiger partial charge in [-0.15, -0.1) is 0 Å². The monoisotopic (exact) mass is 1380 g/mol. The molecule has 0 fully saturated rings. The van der Waals surface area contributed by atoms with Gasteiger partial charge >= 0.3 is 0 Å². The summed E-state index contributed by atoms with van der Waals surface area (Å²) in [5.41, 5.74) is 24.3. The maximum atomic E-state index is 7.32. The number of benzene rings is 16. The topological polar surface area (TPSA) is 41.6 Å². The number of hydrogen-bond donors (Lipinski definition) is 1. The van der Waals surface area contributed by atoms with E-state index in [0.29, 0.717) is 0 Å². The normalized spacial score (nSPS) is 13.1. The van der Waals surface area contributed by atoms with Crippen molar-refractivity contribution in [3.63, 3.8) is 0 Å². The summed E-state index contributed by atoms with van der Waals surface area (Å²) in [6.07, 6.45) is 0. The minimum absolute atomic E-state index is 0.0597. The Hall–Kier alpha value is -11.5. The first-order valence-corrected chi connectivity index (χ1v) is 35.2. The predicted octanol–water partition coefficient (Wildman–Crippen LogP) is 27.2. The third kappa shape index (κ3) is 9.84. The van der Waals surface area contributed by atoms with Crippen molar-refractivity contribution in [2.45, 2.75) is 38.5 Å². The van der Waals surface area contributed by atoms with Crippen molar-refractivity contribution >= 4 is 138 Å². The molecule has 1 N–H and O–H groups in total. The predicted molar refractivity (Wildman–Crippen MR) is 427 cm³/mol. The molecule has 5 heteroatoms. The van der Waals surface area contributed by atoms with Crippen LogP contribution < -0.4 is 10.2 Å². The van der Waals surface area contributed by atoms with E-state index < -0.39 is 0 Å². The van der Waals surface area contributed by atoms with Crippen molar-refractivity contribution in [1.82, 2.24) is 0 Å². The smallest absolute Gasteiger partial charge is 0.159 e. The zero-order valence-corrected chi connectivity index (χ0v) is 57.5. The Balaban J connectivity index is 0.000000119. The van der Waals surface area contributed by atoms with Gasteiger partial charge in [-0.2, -0.15) is 0 Å². The van der Waals surface area contributed by atoms with Gasteiger partial charge in [-0.3, -0.25) is 0 Å². The molecule has 2 aromatic heterocycles. The van der Waals surface area contributed by atoms with Crippen LogP contribution in [0, 0.1) is 3.57 Å². The lowest BCUT2D eigenvalue weighted by Crippen LogP contribution is -2.15. The summed E-state index contributed by atoms with van der Waals surface area (Å²) in [4.78, 5) is 2.39. The van der Waals surface area contributed by atoms with E-state index in [-0.39, 0.29) is 10.8 Å². The fraction of sp³-hybridized carbons (Fsp3) is 0.0638. The van der Waals surface area contributed by atoms with Crippen LogP contribution in [-0.4, -0.2) is 0 Å². The van der Waals surface area contributed by atoms with Crippen LogP contribution in [0.1, 0.15) is 49.9 Å². The molecule has 4 nitrogen and oxygen atoms in total. The second-order valence-corrected chi connectivity index (χ2v) is 28.3.